The maximum Gasteiger partial charge on any atom is 0.243 e. The Hall–Kier alpha value is -2.55. The molecule has 0 spiro atoms. The molecule has 1 unspecified atom stereocenters. The molecule has 1 N–H and O–H groups in total. The molecule has 0 radical (unpaired) electrons. The minimum Gasteiger partial charge on any atom is -0.354 e. The van der Waals surface area contributed by atoms with Crippen molar-refractivity contribution < 1.29 is 13.2 Å². The highest BCUT2D eigenvalue weighted by atomic mass is 32.2. The molecule has 1 saturated heterocycles. The van der Waals surface area contributed by atoms with Crippen LogP contribution in [0.1, 0.15) is 24.1 Å². The van der Waals surface area contributed by atoms with Crippen molar-refractivity contribution in [2.24, 2.45) is 0 Å². The number of aryl methyl sites for hydroxylation is 1. The molecule has 1 fully saturated rings. The first-order valence-electron chi connectivity index (χ1n) is 10.3. The summed E-state index contributed by atoms with van der Waals surface area (Å²) in [5, 5.41) is 5.86. The monoisotopic (exact) mass is 455 g/mol. The van der Waals surface area contributed by atoms with Gasteiger partial charge >= 0.3 is 0 Å². The molecule has 8 heteroatoms. The van der Waals surface area contributed by atoms with Crippen LogP contribution in [0.15, 0.2) is 64.9 Å². The van der Waals surface area contributed by atoms with Crippen molar-refractivity contribution in [3.63, 3.8) is 0 Å². The first-order valence-corrected chi connectivity index (χ1v) is 12.6. The maximum absolute atomic E-state index is 12.9. The van der Waals surface area contributed by atoms with Gasteiger partial charge in [-0.2, -0.15) is 4.31 Å². The summed E-state index contributed by atoms with van der Waals surface area (Å²) in [5.41, 5.74) is 3.21. The third kappa shape index (κ3) is 4.87. The lowest BCUT2D eigenvalue weighted by molar-refractivity contribution is -0.124. The molecule has 1 aliphatic heterocycles. The number of rotatable bonds is 7. The van der Waals surface area contributed by atoms with Gasteiger partial charge in [0, 0.05) is 30.5 Å². The van der Waals surface area contributed by atoms with Crippen molar-refractivity contribution in [3.8, 4) is 10.6 Å². The summed E-state index contributed by atoms with van der Waals surface area (Å²) < 4.78 is 27.2. The van der Waals surface area contributed by atoms with Gasteiger partial charge in [-0.1, -0.05) is 48.0 Å². The standard InChI is InChI=1S/C23H25N3O3S2/c1-17-9-11-18(12-10-17)23-25-19(16-30-23)13-14-24-22(27)21-8-5-15-26(21)31(28,29)20-6-3-2-4-7-20/h2-4,6-7,9-12,16,21H,5,8,13-15H2,1H3,(H,24,27). The van der Waals surface area contributed by atoms with Gasteiger partial charge in [0.25, 0.3) is 0 Å². The largest absolute Gasteiger partial charge is 0.354 e. The second kappa shape index (κ2) is 9.30. The van der Waals surface area contributed by atoms with Gasteiger partial charge in [-0.3, -0.25) is 4.79 Å². The zero-order valence-corrected chi connectivity index (χ0v) is 19.0. The summed E-state index contributed by atoms with van der Waals surface area (Å²) in [6.07, 6.45) is 1.81. The van der Waals surface area contributed by atoms with E-state index >= 15 is 0 Å². The van der Waals surface area contributed by atoms with Crippen molar-refractivity contribution in [2.75, 3.05) is 13.1 Å². The second-order valence-corrected chi connectivity index (χ2v) is 10.4. The number of carbonyl (C=O) groups is 1. The molecule has 0 saturated carbocycles. The van der Waals surface area contributed by atoms with Crippen molar-refractivity contribution in [3.05, 3.63) is 71.2 Å². The normalized spacial score (nSPS) is 17.0. The Morgan fingerprint density at radius 2 is 1.90 bits per heavy atom. The Bertz CT molecular complexity index is 1140. The number of hydrogen-bond donors (Lipinski definition) is 1. The molecule has 2 heterocycles. The number of thiazole rings is 1. The number of amides is 1. The lowest BCUT2D eigenvalue weighted by Gasteiger charge is -2.23. The van der Waals surface area contributed by atoms with Crippen LogP contribution in [0.3, 0.4) is 0 Å². The molecule has 0 aliphatic carbocycles. The highest BCUT2D eigenvalue weighted by Crippen LogP contribution is 2.26. The topological polar surface area (TPSA) is 79.4 Å². The van der Waals surface area contributed by atoms with E-state index in [2.05, 4.69) is 41.5 Å². The SMILES string of the molecule is Cc1ccc(-c2nc(CCNC(=O)C3CCCN3S(=O)(=O)c3ccccc3)cs2)cc1. The van der Waals surface area contributed by atoms with E-state index in [9.17, 15) is 13.2 Å². The number of benzene rings is 2. The number of nitrogens with zero attached hydrogens (tertiary/aromatic N) is 2. The highest BCUT2D eigenvalue weighted by Gasteiger charge is 2.39. The fourth-order valence-corrected chi connectivity index (χ4v) is 6.24. The molecule has 1 amide bonds. The Kier molecular flexibility index (Phi) is 6.50. The van der Waals surface area contributed by atoms with Gasteiger partial charge in [-0.25, -0.2) is 13.4 Å². The van der Waals surface area contributed by atoms with Crippen LogP contribution in [0.2, 0.25) is 0 Å². The van der Waals surface area contributed by atoms with E-state index in [1.807, 2.05) is 5.38 Å². The van der Waals surface area contributed by atoms with Crippen LogP contribution in [0.4, 0.5) is 0 Å². The Balaban J connectivity index is 1.35. The van der Waals surface area contributed by atoms with Gasteiger partial charge in [0.15, 0.2) is 0 Å². The molecule has 2 aromatic carbocycles. The van der Waals surface area contributed by atoms with E-state index in [0.717, 1.165) is 16.3 Å². The number of nitrogens with one attached hydrogen (secondary N) is 1. The van der Waals surface area contributed by atoms with Crippen LogP contribution in [-0.4, -0.2) is 42.7 Å². The lowest BCUT2D eigenvalue weighted by Crippen LogP contribution is -2.46. The predicted octanol–water partition coefficient (Wildman–Crippen LogP) is 3.63. The molecular formula is C23H25N3O3S2. The Morgan fingerprint density at radius 3 is 2.65 bits per heavy atom. The molecule has 0 bridgehead atoms. The summed E-state index contributed by atoms with van der Waals surface area (Å²) in [4.78, 5) is 17.6. The van der Waals surface area contributed by atoms with Crippen LogP contribution in [-0.2, 0) is 21.2 Å². The highest BCUT2D eigenvalue weighted by molar-refractivity contribution is 7.89. The number of carbonyl (C=O) groups excluding carboxylic acids is 1. The van der Waals surface area contributed by atoms with Gasteiger partial charge in [0.2, 0.25) is 15.9 Å². The zero-order valence-electron chi connectivity index (χ0n) is 17.3. The molecule has 6 nitrogen and oxygen atoms in total. The molecule has 1 aromatic heterocycles. The van der Waals surface area contributed by atoms with Gasteiger partial charge in [-0.15, -0.1) is 11.3 Å². The van der Waals surface area contributed by atoms with Gasteiger partial charge in [0.05, 0.1) is 10.6 Å². The van der Waals surface area contributed by atoms with E-state index in [0.29, 0.717) is 32.4 Å². The van der Waals surface area contributed by atoms with E-state index in [1.165, 1.54) is 9.87 Å². The first-order chi connectivity index (χ1) is 14.9. The van der Waals surface area contributed by atoms with E-state index in [-0.39, 0.29) is 10.8 Å². The second-order valence-electron chi connectivity index (χ2n) is 7.64. The number of aromatic nitrogens is 1. The van der Waals surface area contributed by atoms with Gasteiger partial charge in [0.1, 0.15) is 11.0 Å². The molecule has 1 atom stereocenters. The first kappa shape index (κ1) is 21.7. The fourth-order valence-electron chi connectivity index (χ4n) is 3.70. The van der Waals surface area contributed by atoms with Crippen LogP contribution in [0, 0.1) is 6.92 Å². The molecule has 1 aliphatic rings. The number of sulfonamides is 1. The summed E-state index contributed by atoms with van der Waals surface area (Å²) in [6, 6.07) is 15.9. The minimum absolute atomic E-state index is 0.223. The average molecular weight is 456 g/mol. The molecule has 162 valence electrons. The Labute approximate surface area is 187 Å². The molecule has 31 heavy (non-hydrogen) atoms. The lowest BCUT2D eigenvalue weighted by atomic mass is 10.2. The van der Waals surface area contributed by atoms with Crippen LogP contribution in [0.5, 0.6) is 0 Å². The van der Waals surface area contributed by atoms with Gasteiger partial charge < -0.3 is 5.32 Å². The van der Waals surface area contributed by atoms with E-state index in [1.54, 1.807) is 41.7 Å². The summed E-state index contributed by atoms with van der Waals surface area (Å²) in [5.74, 6) is -0.244. The Morgan fingerprint density at radius 1 is 1.16 bits per heavy atom. The number of hydrogen-bond acceptors (Lipinski definition) is 5. The van der Waals surface area contributed by atoms with Crippen molar-refractivity contribution >= 4 is 27.3 Å². The average Bonchev–Trinajstić information content (AvgIpc) is 3.45. The van der Waals surface area contributed by atoms with Crippen molar-refractivity contribution in [1.82, 2.24) is 14.6 Å². The van der Waals surface area contributed by atoms with Crippen molar-refractivity contribution in [1.29, 1.82) is 0 Å². The van der Waals surface area contributed by atoms with Crippen LogP contribution >= 0.6 is 11.3 Å². The van der Waals surface area contributed by atoms with Crippen LogP contribution < -0.4 is 5.32 Å². The predicted molar refractivity (Wildman–Crippen MR) is 122 cm³/mol. The minimum atomic E-state index is -3.68. The van der Waals surface area contributed by atoms with Crippen LogP contribution in [0.25, 0.3) is 10.6 Å². The molecule has 4 rings (SSSR count). The summed E-state index contributed by atoms with van der Waals surface area (Å²) >= 11 is 1.58. The zero-order chi connectivity index (χ0) is 21.8. The van der Waals surface area contributed by atoms with Crippen molar-refractivity contribution in [2.45, 2.75) is 37.1 Å². The van der Waals surface area contributed by atoms with Gasteiger partial charge in [-0.05, 0) is 31.9 Å². The molecule has 3 aromatic rings. The molecular weight excluding hydrogens is 430 g/mol. The quantitative estimate of drug-likeness (QED) is 0.590. The summed E-state index contributed by atoms with van der Waals surface area (Å²) in [6.45, 7) is 2.84. The smallest absolute Gasteiger partial charge is 0.243 e. The summed E-state index contributed by atoms with van der Waals surface area (Å²) in [7, 11) is -3.68. The van der Waals surface area contributed by atoms with E-state index < -0.39 is 16.1 Å². The maximum atomic E-state index is 12.9. The fraction of sp³-hybridized carbons (Fsp3) is 0.304. The third-order valence-electron chi connectivity index (χ3n) is 5.39. The third-order valence-corrected chi connectivity index (χ3v) is 8.25. The van der Waals surface area contributed by atoms with E-state index in [4.69, 9.17) is 0 Å².